The van der Waals surface area contributed by atoms with Gasteiger partial charge in [-0.3, -0.25) is 9.59 Å². The van der Waals surface area contributed by atoms with Gasteiger partial charge in [0.25, 0.3) is 11.7 Å². The fourth-order valence-electron chi connectivity index (χ4n) is 4.05. The largest absolute Gasteiger partial charge is 0.507 e. The topological polar surface area (TPSA) is 85.3 Å². The lowest BCUT2D eigenvalue weighted by atomic mass is 9.94. The molecule has 0 aliphatic carbocycles. The smallest absolute Gasteiger partial charge is 0.295 e. The quantitative estimate of drug-likeness (QED) is 0.419. The third-order valence-corrected chi connectivity index (χ3v) is 5.55. The predicted molar refractivity (Wildman–Crippen MR) is 114 cm³/mol. The monoisotopic (exact) mass is 423 g/mol. The van der Waals surface area contributed by atoms with Gasteiger partial charge in [0.2, 0.25) is 0 Å². The summed E-state index contributed by atoms with van der Waals surface area (Å²) in [6, 6.07) is 11.8. The van der Waals surface area contributed by atoms with E-state index in [1.54, 1.807) is 24.3 Å². The molecule has 2 aliphatic heterocycles. The predicted octanol–water partition coefficient (Wildman–Crippen LogP) is 3.09. The summed E-state index contributed by atoms with van der Waals surface area (Å²) in [5.74, 6) is -0.0723. The maximum Gasteiger partial charge on any atom is 0.295 e. The Morgan fingerprint density at radius 2 is 1.97 bits per heavy atom. The number of fused-ring (bicyclic) bond motifs is 1. The number of ketones is 1. The number of carbonyl (C=O) groups is 2. The molecule has 0 saturated carbocycles. The molecular weight excluding hydrogens is 398 g/mol. The lowest BCUT2D eigenvalue weighted by Crippen LogP contribution is -2.32. The highest BCUT2D eigenvalue weighted by Crippen LogP contribution is 2.40. The van der Waals surface area contributed by atoms with Crippen molar-refractivity contribution in [3.63, 3.8) is 0 Å². The summed E-state index contributed by atoms with van der Waals surface area (Å²) in [4.78, 5) is 27.3. The number of hydrogen-bond donors (Lipinski definition) is 1. The van der Waals surface area contributed by atoms with Gasteiger partial charge in [-0.15, -0.1) is 0 Å². The van der Waals surface area contributed by atoms with Crippen LogP contribution >= 0.6 is 0 Å². The Morgan fingerprint density at radius 1 is 1.19 bits per heavy atom. The second kappa shape index (κ2) is 8.81. The molecule has 4 rings (SSSR count). The van der Waals surface area contributed by atoms with Crippen LogP contribution < -0.4 is 9.47 Å². The van der Waals surface area contributed by atoms with Crippen molar-refractivity contribution >= 4 is 17.4 Å². The van der Waals surface area contributed by atoms with Gasteiger partial charge in [-0.25, -0.2) is 0 Å². The summed E-state index contributed by atoms with van der Waals surface area (Å²) in [5.41, 5.74) is 2.24. The number of ether oxygens (including phenoxy) is 3. The van der Waals surface area contributed by atoms with Gasteiger partial charge in [-0.1, -0.05) is 12.1 Å². The van der Waals surface area contributed by atoms with E-state index in [1.807, 2.05) is 25.1 Å². The molecular formula is C24H25NO6. The summed E-state index contributed by atoms with van der Waals surface area (Å²) < 4.78 is 16.2. The minimum Gasteiger partial charge on any atom is -0.507 e. The van der Waals surface area contributed by atoms with Gasteiger partial charge in [0, 0.05) is 25.6 Å². The highest BCUT2D eigenvalue weighted by molar-refractivity contribution is 6.46. The van der Waals surface area contributed by atoms with E-state index in [9.17, 15) is 14.7 Å². The molecule has 0 bridgehead atoms. The Kier molecular flexibility index (Phi) is 5.95. The van der Waals surface area contributed by atoms with Gasteiger partial charge in [-0.05, 0) is 48.4 Å². The molecule has 2 aromatic carbocycles. The number of hydrogen-bond acceptors (Lipinski definition) is 6. The number of amides is 1. The van der Waals surface area contributed by atoms with Crippen LogP contribution in [0.2, 0.25) is 0 Å². The Balaban J connectivity index is 1.80. The minimum absolute atomic E-state index is 0.0733. The number of methoxy groups -OCH3 is 1. The van der Waals surface area contributed by atoms with Crippen LogP contribution in [0.15, 0.2) is 48.0 Å². The van der Waals surface area contributed by atoms with Crippen molar-refractivity contribution in [3.05, 3.63) is 64.7 Å². The first-order valence-corrected chi connectivity index (χ1v) is 10.3. The maximum atomic E-state index is 13.0. The second-order valence-electron chi connectivity index (χ2n) is 7.41. The molecule has 2 heterocycles. The van der Waals surface area contributed by atoms with Crippen LogP contribution in [0.25, 0.3) is 5.76 Å². The third-order valence-electron chi connectivity index (χ3n) is 5.55. The zero-order chi connectivity index (χ0) is 22.0. The molecule has 162 valence electrons. The number of likely N-dealkylation sites (tertiary alicyclic amines) is 1. The Hall–Kier alpha value is -3.32. The molecule has 1 saturated heterocycles. The third kappa shape index (κ3) is 3.88. The van der Waals surface area contributed by atoms with Crippen molar-refractivity contribution in [2.45, 2.75) is 19.4 Å². The molecule has 0 aromatic heterocycles. The van der Waals surface area contributed by atoms with E-state index >= 15 is 0 Å². The minimum atomic E-state index is -0.713. The van der Waals surface area contributed by atoms with Crippen LogP contribution in [-0.2, 0) is 20.7 Å². The summed E-state index contributed by atoms with van der Waals surface area (Å²) >= 11 is 0. The van der Waals surface area contributed by atoms with E-state index < -0.39 is 17.7 Å². The summed E-state index contributed by atoms with van der Waals surface area (Å²) in [5, 5.41) is 11.1. The van der Waals surface area contributed by atoms with Crippen molar-refractivity contribution < 1.29 is 28.9 Å². The van der Waals surface area contributed by atoms with Gasteiger partial charge >= 0.3 is 0 Å². The molecule has 1 amide bonds. The van der Waals surface area contributed by atoms with Gasteiger partial charge in [0.05, 0.1) is 31.4 Å². The fraction of sp³-hybridized carbons (Fsp3) is 0.333. The summed E-state index contributed by atoms with van der Waals surface area (Å²) in [6.45, 7) is 3.53. The molecule has 0 spiro atoms. The first kappa shape index (κ1) is 20.9. The Labute approximate surface area is 180 Å². The van der Waals surface area contributed by atoms with Gasteiger partial charge in [0.1, 0.15) is 17.3 Å². The van der Waals surface area contributed by atoms with E-state index in [2.05, 4.69) is 0 Å². The number of aliphatic hydroxyl groups is 1. The van der Waals surface area contributed by atoms with E-state index in [1.165, 1.54) is 12.0 Å². The van der Waals surface area contributed by atoms with Gasteiger partial charge in [-0.2, -0.15) is 0 Å². The first-order valence-electron chi connectivity index (χ1n) is 10.3. The number of aliphatic hydroxyl groups excluding tert-OH is 1. The van der Waals surface area contributed by atoms with E-state index in [4.69, 9.17) is 14.2 Å². The molecule has 7 heteroatoms. The van der Waals surface area contributed by atoms with Gasteiger partial charge in [0.15, 0.2) is 0 Å². The zero-order valence-corrected chi connectivity index (χ0v) is 17.6. The molecule has 1 atom stereocenters. The standard InChI is InChI=1S/C24H25NO6/c1-3-30-18-7-4-15(5-8-18)21-20(23(27)24(28)25(21)11-13-29-2)22(26)17-6-9-19-16(14-17)10-12-31-19/h4-9,14,21,26H,3,10-13H2,1-2H3/b22-20-. The average Bonchev–Trinajstić information content (AvgIpc) is 3.35. The van der Waals surface area contributed by atoms with Crippen molar-refractivity contribution in [1.29, 1.82) is 0 Å². The Bertz CT molecular complexity index is 1030. The van der Waals surface area contributed by atoms with Crippen LogP contribution in [0.3, 0.4) is 0 Å². The highest BCUT2D eigenvalue weighted by atomic mass is 16.5. The molecule has 31 heavy (non-hydrogen) atoms. The molecule has 1 unspecified atom stereocenters. The van der Waals surface area contributed by atoms with Crippen LogP contribution in [0.1, 0.15) is 29.7 Å². The normalized spacial score (nSPS) is 19.4. The first-order chi connectivity index (χ1) is 15.0. The molecule has 0 radical (unpaired) electrons. The van der Waals surface area contributed by atoms with E-state index in [0.29, 0.717) is 30.1 Å². The molecule has 7 nitrogen and oxygen atoms in total. The number of Topliss-reactive ketones (excluding diaryl/α,β-unsaturated/α-hetero) is 1. The van der Waals surface area contributed by atoms with Crippen molar-refractivity contribution in [1.82, 2.24) is 4.90 Å². The summed E-state index contributed by atoms with van der Waals surface area (Å²) in [6.07, 6.45) is 0.737. The maximum absolute atomic E-state index is 13.0. The number of carbonyl (C=O) groups excluding carboxylic acids is 2. The van der Waals surface area contributed by atoms with Crippen LogP contribution in [0, 0.1) is 0 Å². The molecule has 1 fully saturated rings. The number of rotatable bonds is 7. The van der Waals surface area contributed by atoms with Crippen LogP contribution in [0.4, 0.5) is 0 Å². The van der Waals surface area contributed by atoms with Crippen molar-refractivity contribution in [2.24, 2.45) is 0 Å². The molecule has 2 aromatic rings. The lowest BCUT2D eigenvalue weighted by molar-refractivity contribution is -0.140. The molecule has 1 N–H and O–H groups in total. The lowest BCUT2D eigenvalue weighted by Gasteiger charge is -2.25. The van der Waals surface area contributed by atoms with Crippen LogP contribution in [-0.4, -0.2) is 55.2 Å². The highest BCUT2D eigenvalue weighted by Gasteiger charge is 2.45. The number of benzene rings is 2. The van der Waals surface area contributed by atoms with Crippen molar-refractivity contribution in [3.8, 4) is 11.5 Å². The summed E-state index contributed by atoms with van der Waals surface area (Å²) in [7, 11) is 1.54. The van der Waals surface area contributed by atoms with E-state index in [0.717, 1.165) is 17.7 Å². The molecule has 2 aliphatic rings. The van der Waals surface area contributed by atoms with Crippen LogP contribution in [0.5, 0.6) is 11.5 Å². The average molecular weight is 423 g/mol. The Morgan fingerprint density at radius 3 is 2.68 bits per heavy atom. The SMILES string of the molecule is CCOc1ccc(C2/C(=C(/O)c3ccc4c(c3)CCO4)C(=O)C(=O)N2CCOC)cc1. The number of nitrogens with zero attached hydrogens (tertiary/aromatic N) is 1. The van der Waals surface area contributed by atoms with Gasteiger partial charge < -0.3 is 24.2 Å². The fourth-order valence-corrected chi connectivity index (χ4v) is 4.05. The van der Waals surface area contributed by atoms with E-state index in [-0.39, 0.29) is 24.5 Å². The van der Waals surface area contributed by atoms with Crippen molar-refractivity contribution in [2.75, 3.05) is 33.5 Å². The zero-order valence-electron chi connectivity index (χ0n) is 17.6. The second-order valence-corrected chi connectivity index (χ2v) is 7.41.